The molecule has 0 fully saturated rings. The lowest BCUT2D eigenvalue weighted by Gasteiger charge is -2.13. The normalized spacial score (nSPS) is 13.1. The fourth-order valence-corrected chi connectivity index (χ4v) is 2.18. The molecule has 0 spiro atoms. The largest absolute Gasteiger partial charge is 0.324 e. The molecule has 0 aliphatic heterocycles. The maximum atomic E-state index is 13.2. The molecule has 1 aromatic carbocycles. The summed E-state index contributed by atoms with van der Waals surface area (Å²) in [4.78, 5) is 0. The molecule has 0 saturated carbocycles. The average Bonchev–Trinajstić information content (AvgIpc) is 2.15. The van der Waals surface area contributed by atoms with E-state index >= 15 is 0 Å². The summed E-state index contributed by atoms with van der Waals surface area (Å²) in [6, 6.07) is 4.80. The SMILES string of the molecule is CC(C)CCCC(N)c1cc(F)cc(Br)c1. The van der Waals surface area contributed by atoms with Crippen LogP contribution in [-0.2, 0) is 0 Å². The molecule has 1 aromatic rings. The van der Waals surface area contributed by atoms with Crippen LogP contribution in [0.15, 0.2) is 22.7 Å². The Morgan fingerprint density at radius 3 is 2.50 bits per heavy atom. The van der Waals surface area contributed by atoms with Crippen LogP contribution in [0.25, 0.3) is 0 Å². The highest BCUT2D eigenvalue weighted by Gasteiger charge is 2.08. The Kier molecular flexibility index (Phi) is 5.42. The van der Waals surface area contributed by atoms with Gasteiger partial charge in [-0.3, -0.25) is 0 Å². The monoisotopic (exact) mass is 287 g/mol. The van der Waals surface area contributed by atoms with Crippen molar-refractivity contribution >= 4 is 15.9 Å². The molecular formula is C13H19BrFN. The molecule has 0 amide bonds. The van der Waals surface area contributed by atoms with Crippen molar-refractivity contribution in [1.82, 2.24) is 0 Å². The smallest absolute Gasteiger partial charge is 0.124 e. The molecule has 1 nitrogen and oxygen atoms in total. The molecule has 0 aliphatic carbocycles. The van der Waals surface area contributed by atoms with E-state index in [9.17, 15) is 4.39 Å². The van der Waals surface area contributed by atoms with Crippen LogP contribution in [0, 0.1) is 11.7 Å². The first-order chi connectivity index (χ1) is 7.49. The number of benzene rings is 1. The second kappa shape index (κ2) is 6.36. The van der Waals surface area contributed by atoms with Crippen LogP contribution in [-0.4, -0.2) is 0 Å². The van der Waals surface area contributed by atoms with Gasteiger partial charge in [0.2, 0.25) is 0 Å². The van der Waals surface area contributed by atoms with E-state index in [1.165, 1.54) is 18.6 Å². The molecule has 16 heavy (non-hydrogen) atoms. The van der Waals surface area contributed by atoms with Gasteiger partial charge in [0.25, 0.3) is 0 Å². The third kappa shape index (κ3) is 4.62. The quantitative estimate of drug-likeness (QED) is 0.853. The van der Waals surface area contributed by atoms with Crippen molar-refractivity contribution in [3.8, 4) is 0 Å². The van der Waals surface area contributed by atoms with Crippen molar-refractivity contribution in [2.45, 2.75) is 39.2 Å². The predicted molar refractivity (Wildman–Crippen MR) is 69.7 cm³/mol. The molecule has 3 heteroatoms. The molecule has 1 unspecified atom stereocenters. The van der Waals surface area contributed by atoms with Crippen LogP contribution in [0.4, 0.5) is 4.39 Å². The highest BCUT2D eigenvalue weighted by Crippen LogP contribution is 2.23. The van der Waals surface area contributed by atoms with E-state index in [-0.39, 0.29) is 11.9 Å². The zero-order valence-corrected chi connectivity index (χ0v) is 11.4. The van der Waals surface area contributed by atoms with Crippen LogP contribution < -0.4 is 5.73 Å². The third-order valence-electron chi connectivity index (χ3n) is 2.61. The number of hydrogen-bond donors (Lipinski definition) is 1. The van der Waals surface area contributed by atoms with Crippen molar-refractivity contribution in [2.24, 2.45) is 11.7 Å². The summed E-state index contributed by atoms with van der Waals surface area (Å²) in [5.41, 5.74) is 6.90. The van der Waals surface area contributed by atoms with Gasteiger partial charge in [-0.05, 0) is 36.1 Å². The maximum Gasteiger partial charge on any atom is 0.124 e. The van der Waals surface area contributed by atoms with Crippen LogP contribution in [0.3, 0.4) is 0 Å². The van der Waals surface area contributed by atoms with Gasteiger partial charge in [0.1, 0.15) is 5.82 Å². The minimum absolute atomic E-state index is 0.0641. The summed E-state index contributed by atoms with van der Waals surface area (Å²) in [5.74, 6) is 0.468. The summed E-state index contributed by atoms with van der Waals surface area (Å²) in [7, 11) is 0. The Bertz CT molecular complexity index is 318. The number of hydrogen-bond acceptors (Lipinski definition) is 1. The first-order valence-corrected chi connectivity index (χ1v) is 6.50. The number of nitrogens with two attached hydrogens (primary N) is 1. The lowest BCUT2D eigenvalue weighted by molar-refractivity contribution is 0.504. The molecule has 0 bridgehead atoms. The molecule has 0 heterocycles. The molecule has 0 aliphatic rings. The topological polar surface area (TPSA) is 26.0 Å². The Balaban J connectivity index is 2.55. The second-order valence-electron chi connectivity index (χ2n) is 4.63. The maximum absolute atomic E-state index is 13.2. The van der Waals surface area contributed by atoms with Crippen molar-refractivity contribution < 1.29 is 4.39 Å². The Morgan fingerprint density at radius 1 is 1.25 bits per heavy atom. The van der Waals surface area contributed by atoms with Gasteiger partial charge in [-0.25, -0.2) is 4.39 Å². The highest BCUT2D eigenvalue weighted by atomic mass is 79.9. The average molecular weight is 288 g/mol. The Hall–Kier alpha value is -0.410. The minimum Gasteiger partial charge on any atom is -0.324 e. The summed E-state index contributed by atoms with van der Waals surface area (Å²) >= 11 is 3.28. The van der Waals surface area contributed by atoms with Gasteiger partial charge in [0, 0.05) is 10.5 Å². The molecule has 2 N–H and O–H groups in total. The van der Waals surface area contributed by atoms with E-state index in [4.69, 9.17) is 5.73 Å². The molecule has 0 radical (unpaired) electrons. The zero-order valence-electron chi connectivity index (χ0n) is 9.84. The molecule has 0 aromatic heterocycles. The van der Waals surface area contributed by atoms with Crippen LogP contribution >= 0.6 is 15.9 Å². The lowest BCUT2D eigenvalue weighted by atomic mass is 9.99. The van der Waals surface area contributed by atoms with E-state index in [0.717, 1.165) is 22.9 Å². The first-order valence-electron chi connectivity index (χ1n) is 5.70. The summed E-state index contributed by atoms with van der Waals surface area (Å²) in [6.45, 7) is 4.40. The Labute approximate surface area is 105 Å². The summed E-state index contributed by atoms with van der Waals surface area (Å²) in [6.07, 6.45) is 3.17. The van der Waals surface area contributed by atoms with Gasteiger partial charge >= 0.3 is 0 Å². The van der Waals surface area contributed by atoms with Gasteiger partial charge in [0.05, 0.1) is 0 Å². The van der Waals surface area contributed by atoms with Crippen molar-refractivity contribution in [3.05, 3.63) is 34.1 Å². The van der Waals surface area contributed by atoms with Crippen LogP contribution in [0.5, 0.6) is 0 Å². The summed E-state index contributed by atoms with van der Waals surface area (Å²) in [5, 5.41) is 0. The van der Waals surface area contributed by atoms with Gasteiger partial charge < -0.3 is 5.73 Å². The fourth-order valence-electron chi connectivity index (χ4n) is 1.70. The molecule has 1 rings (SSSR count). The molecule has 0 saturated heterocycles. The second-order valence-corrected chi connectivity index (χ2v) is 5.55. The van der Waals surface area contributed by atoms with E-state index in [1.54, 1.807) is 0 Å². The predicted octanol–water partition coefficient (Wildman–Crippen LogP) is 4.41. The van der Waals surface area contributed by atoms with E-state index in [2.05, 4.69) is 29.8 Å². The van der Waals surface area contributed by atoms with Crippen LogP contribution in [0.2, 0.25) is 0 Å². The van der Waals surface area contributed by atoms with Crippen molar-refractivity contribution in [1.29, 1.82) is 0 Å². The number of rotatable bonds is 5. The van der Waals surface area contributed by atoms with Crippen molar-refractivity contribution in [3.63, 3.8) is 0 Å². The Morgan fingerprint density at radius 2 is 1.94 bits per heavy atom. The van der Waals surface area contributed by atoms with Crippen LogP contribution in [0.1, 0.15) is 44.7 Å². The summed E-state index contributed by atoms with van der Waals surface area (Å²) < 4.78 is 13.9. The van der Waals surface area contributed by atoms with E-state index < -0.39 is 0 Å². The lowest BCUT2D eigenvalue weighted by Crippen LogP contribution is -2.10. The standard InChI is InChI=1S/C13H19BrFN/c1-9(2)4-3-5-13(16)10-6-11(14)8-12(15)7-10/h6-9,13H,3-5,16H2,1-2H3. The zero-order chi connectivity index (χ0) is 12.1. The van der Waals surface area contributed by atoms with Gasteiger partial charge in [-0.1, -0.05) is 42.6 Å². The molecule has 90 valence electrons. The van der Waals surface area contributed by atoms with Crippen molar-refractivity contribution in [2.75, 3.05) is 0 Å². The molecular weight excluding hydrogens is 269 g/mol. The van der Waals surface area contributed by atoms with Gasteiger partial charge in [-0.2, -0.15) is 0 Å². The number of halogens is 2. The van der Waals surface area contributed by atoms with Gasteiger partial charge in [0.15, 0.2) is 0 Å². The highest BCUT2D eigenvalue weighted by molar-refractivity contribution is 9.10. The minimum atomic E-state index is -0.233. The fraction of sp³-hybridized carbons (Fsp3) is 0.538. The molecule has 1 atom stereocenters. The van der Waals surface area contributed by atoms with Gasteiger partial charge in [-0.15, -0.1) is 0 Å². The van der Waals surface area contributed by atoms with E-state index in [0.29, 0.717) is 5.92 Å². The van der Waals surface area contributed by atoms with E-state index in [1.807, 2.05) is 6.07 Å². The first kappa shape index (κ1) is 13.7. The third-order valence-corrected chi connectivity index (χ3v) is 3.07.